The van der Waals surface area contributed by atoms with Crippen molar-refractivity contribution in [3.05, 3.63) is 36.5 Å². The van der Waals surface area contributed by atoms with Crippen molar-refractivity contribution in [3.63, 3.8) is 0 Å². The van der Waals surface area contributed by atoms with Crippen LogP contribution in [0.15, 0.2) is 41.1 Å². The van der Waals surface area contributed by atoms with E-state index < -0.39 is 0 Å². The zero-order valence-electron chi connectivity index (χ0n) is 13.0. The topological polar surface area (TPSA) is 72.9 Å². The van der Waals surface area contributed by atoms with Gasteiger partial charge in [0.05, 0.1) is 12.2 Å². The lowest BCUT2D eigenvalue weighted by molar-refractivity contribution is 0.210. The van der Waals surface area contributed by atoms with Gasteiger partial charge in [-0.05, 0) is 45.1 Å². The van der Waals surface area contributed by atoms with Gasteiger partial charge in [0.2, 0.25) is 5.82 Å². The fourth-order valence-corrected chi connectivity index (χ4v) is 2.84. The van der Waals surface area contributed by atoms with Crippen molar-refractivity contribution in [1.29, 1.82) is 0 Å². The molecular weight excluding hydrogens is 292 g/mol. The molecule has 4 rings (SSSR count). The van der Waals surface area contributed by atoms with Gasteiger partial charge in [-0.15, -0.1) is 5.10 Å². The summed E-state index contributed by atoms with van der Waals surface area (Å²) in [7, 11) is 2.15. The Morgan fingerprint density at radius 3 is 2.70 bits per heavy atom. The molecule has 1 aliphatic rings. The van der Waals surface area contributed by atoms with Crippen LogP contribution in [-0.4, -0.2) is 50.2 Å². The van der Waals surface area contributed by atoms with E-state index in [0.29, 0.717) is 23.5 Å². The van der Waals surface area contributed by atoms with Crippen LogP contribution in [0.1, 0.15) is 18.9 Å². The smallest absolute Gasteiger partial charge is 0.258 e. The third-order valence-electron chi connectivity index (χ3n) is 4.25. The molecule has 0 N–H and O–H groups in total. The Labute approximate surface area is 133 Å². The average molecular weight is 310 g/mol. The van der Waals surface area contributed by atoms with Gasteiger partial charge in [-0.25, -0.2) is 4.68 Å². The fraction of sp³-hybridized carbons (Fsp3) is 0.375. The lowest BCUT2D eigenvalue weighted by Gasteiger charge is -2.28. The highest BCUT2D eigenvalue weighted by Gasteiger charge is 2.21. The predicted molar refractivity (Wildman–Crippen MR) is 84.5 cm³/mol. The van der Waals surface area contributed by atoms with Gasteiger partial charge in [-0.3, -0.25) is 0 Å². The lowest BCUT2D eigenvalue weighted by Crippen LogP contribution is -2.31. The minimum absolute atomic E-state index is 0.396. The van der Waals surface area contributed by atoms with E-state index in [1.165, 1.54) is 0 Å². The number of hydrogen-bond acceptors (Lipinski definition) is 6. The van der Waals surface area contributed by atoms with Crippen LogP contribution in [-0.2, 0) is 0 Å². The number of piperidine rings is 1. The zero-order valence-corrected chi connectivity index (χ0v) is 13.0. The van der Waals surface area contributed by atoms with Gasteiger partial charge in [0.15, 0.2) is 5.69 Å². The van der Waals surface area contributed by atoms with Gasteiger partial charge in [0, 0.05) is 5.56 Å². The van der Waals surface area contributed by atoms with Crippen molar-refractivity contribution in [1.82, 2.24) is 30.0 Å². The van der Waals surface area contributed by atoms with Crippen molar-refractivity contribution < 1.29 is 4.52 Å². The Morgan fingerprint density at radius 2 is 1.91 bits per heavy atom. The zero-order chi connectivity index (χ0) is 15.6. The molecule has 7 nitrogen and oxygen atoms in total. The number of benzene rings is 1. The van der Waals surface area contributed by atoms with Gasteiger partial charge < -0.3 is 9.42 Å². The fourth-order valence-electron chi connectivity index (χ4n) is 2.84. The summed E-state index contributed by atoms with van der Waals surface area (Å²) in [6, 6.07) is 10.1. The predicted octanol–water partition coefficient (Wildman–Crippen LogP) is 2.26. The maximum atomic E-state index is 5.33. The molecule has 0 unspecified atom stereocenters. The maximum Gasteiger partial charge on any atom is 0.258 e. The number of likely N-dealkylation sites (tertiary alicyclic amines) is 1. The normalized spacial score (nSPS) is 16.7. The molecule has 7 heteroatoms. The van der Waals surface area contributed by atoms with Crippen molar-refractivity contribution in [2.24, 2.45) is 0 Å². The van der Waals surface area contributed by atoms with Gasteiger partial charge in [-0.2, -0.15) is 4.98 Å². The molecule has 118 valence electrons. The van der Waals surface area contributed by atoms with Gasteiger partial charge in [0.1, 0.15) is 0 Å². The molecule has 3 aromatic rings. The van der Waals surface area contributed by atoms with E-state index in [1.54, 1.807) is 0 Å². The first-order valence-electron chi connectivity index (χ1n) is 7.79. The molecule has 23 heavy (non-hydrogen) atoms. The number of nitrogens with zero attached hydrogens (tertiary/aromatic N) is 6. The second kappa shape index (κ2) is 5.92. The average Bonchev–Trinajstić information content (AvgIpc) is 3.26. The van der Waals surface area contributed by atoms with Crippen molar-refractivity contribution >= 4 is 0 Å². The van der Waals surface area contributed by atoms with Crippen LogP contribution in [0.4, 0.5) is 0 Å². The second-order valence-corrected chi connectivity index (χ2v) is 5.91. The second-order valence-electron chi connectivity index (χ2n) is 5.91. The third-order valence-corrected chi connectivity index (χ3v) is 4.25. The lowest BCUT2D eigenvalue weighted by atomic mass is 10.1. The van der Waals surface area contributed by atoms with Crippen molar-refractivity contribution in [2.45, 2.75) is 18.9 Å². The standard InChI is InChI=1S/C16H18N6O/c1-21-9-7-13(8-10-21)22-11-14(18-20-22)15-17-16(23-19-15)12-5-3-2-4-6-12/h2-6,11,13H,7-10H2,1H3. The first-order chi connectivity index (χ1) is 11.3. The Balaban J connectivity index is 1.54. The third kappa shape index (κ3) is 2.87. The van der Waals surface area contributed by atoms with E-state index in [0.717, 1.165) is 31.5 Å². The van der Waals surface area contributed by atoms with Crippen LogP contribution >= 0.6 is 0 Å². The molecule has 0 radical (unpaired) electrons. The van der Waals surface area contributed by atoms with Crippen LogP contribution in [0, 0.1) is 0 Å². The van der Waals surface area contributed by atoms with Crippen LogP contribution in [0.25, 0.3) is 23.0 Å². The summed E-state index contributed by atoms with van der Waals surface area (Å²) in [5, 5.41) is 12.5. The summed E-state index contributed by atoms with van der Waals surface area (Å²) >= 11 is 0. The summed E-state index contributed by atoms with van der Waals surface area (Å²) in [5.41, 5.74) is 1.55. The Bertz CT molecular complexity index is 773. The molecule has 0 amide bonds. The Hall–Kier alpha value is -2.54. The minimum Gasteiger partial charge on any atom is -0.334 e. The first kappa shape index (κ1) is 14.1. The summed E-state index contributed by atoms with van der Waals surface area (Å²) in [6.45, 7) is 2.17. The molecule has 2 aromatic heterocycles. The highest BCUT2D eigenvalue weighted by atomic mass is 16.5. The van der Waals surface area contributed by atoms with E-state index in [2.05, 4.69) is 32.4 Å². The summed E-state index contributed by atoms with van der Waals surface area (Å²) in [5.74, 6) is 0.970. The van der Waals surface area contributed by atoms with Crippen LogP contribution in [0.3, 0.4) is 0 Å². The number of aromatic nitrogens is 5. The van der Waals surface area contributed by atoms with Gasteiger partial charge in [-0.1, -0.05) is 28.6 Å². The monoisotopic (exact) mass is 310 g/mol. The van der Waals surface area contributed by atoms with Crippen LogP contribution < -0.4 is 0 Å². The highest BCUT2D eigenvalue weighted by Crippen LogP contribution is 2.24. The summed E-state index contributed by atoms with van der Waals surface area (Å²) < 4.78 is 7.26. The largest absolute Gasteiger partial charge is 0.334 e. The van der Waals surface area contributed by atoms with E-state index in [-0.39, 0.29) is 0 Å². The Kier molecular flexibility index (Phi) is 3.63. The van der Waals surface area contributed by atoms with Crippen molar-refractivity contribution in [3.8, 4) is 23.0 Å². The molecule has 3 heterocycles. The van der Waals surface area contributed by atoms with Gasteiger partial charge in [0.25, 0.3) is 5.89 Å². The van der Waals surface area contributed by atoms with Gasteiger partial charge >= 0.3 is 0 Å². The maximum absolute atomic E-state index is 5.33. The number of rotatable bonds is 3. The highest BCUT2D eigenvalue weighted by molar-refractivity contribution is 5.56. The molecule has 0 aliphatic carbocycles. The van der Waals surface area contributed by atoms with Crippen LogP contribution in [0.5, 0.6) is 0 Å². The SMILES string of the molecule is CN1CCC(n2cc(-c3noc(-c4ccccc4)n3)nn2)CC1. The molecule has 0 saturated carbocycles. The number of hydrogen-bond donors (Lipinski definition) is 0. The quantitative estimate of drug-likeness (QED) is 0.739. The van der Waals surface area contributed by atoms with Crippen molar-refractivity contribution in [2.75, 3.05) is 20.1 Å². The minimum atomic E-state index is 0.396. The molecule has 1 saturated heterocycles. The van der Waals surface area contributed by atoms with E-state index in [1.807, 2.05) is 41.2 Å². The van der Waals surface area contributed by atoms with E-state index >= 15 is 0 Å². The van der Waals surface area contributed by atoms with E-state index in [4.69, 9.17) is 4.52 Å². The molecule has 0 atom stereocenters. The van der Waals surface area contributed by atoms with E-state index in [9.17, 15) is 0 Å². The molecule has 1 aliphatic heterocycles. The Morgan fingerprint density at radius 1 is 1.13 bits per heavy atom. The van der Waals surface area contributed by atoms with Crippen LogP contribution in [0.2, 0.25) is 0 Å². The molecular formula is C16H18N6O. The molecule has 0 spiro atoms. The summed E-state index contributed by atoms with van der Waals surface area (Å²) in [6.07, 6.45) is 4.08. The first-order valence-corrected chi connectivity index (χ1v) is 7.79. The molecule has 1 fully saturated rings. The summed E-state index contributed by atoms with van der Waals surface area (Å²) in [4.78, 5) is 6.75. The molecule has 1 aromatic carbocycles. The molecule has 0 bridgehead atoms.